The second kappa shape index (κ2) is 5.72. The lowest BCUT2D eigenvalue weighted by molar-refractivity contribution is 0.857. The van der Waals surface area contributed by atoms with Crippen molar-refractivity contribution in [2.24, 2.45) is 0 Å². The van der Waals surface area contributed by atoms with Crippen molar-refractivity contribution in [1.29, 1.82) is 0 Å². The number of nitrogens with one attached hydrogen (secondary N) is 1. The summed E-state index contributed by atoms with van der Waals surface area (Å²) in [6.07, 6.45) is 10.3. The molecule has 0 unspecified atom stereocenters. The molecular weight excluding hydrogens is 122 g/mol. The average molecular weight is 141 g/mol. The Hall–Kier alpha value is -0.0400. The van der Waals surface area contributed by atoms with E-state index < -0.39 is 0 Å². The summed E-state index contributed by atoms with van der Waals surface area (Å²) in [5, 5.41) is 3.22. The third kappa shape index (κ3) is 3.89. The fourth-order valence-corrected chi connectivity index (χ4v) is 1.51. The molecule has 1 aliphatic heterocycles. The highest BCUT2D eigenvalue weighted by atomic mass is 14.9. The van der Waals surface area contributed by atoms with E-state index in [1.54, 1.807) is 0 Å². The maximum Gasteiger partial charge on any atom is -0.00484 e. The van der Waals surface area contributed by atoms with E-state index in [4.69, 9.17) is 0 Å². The molecule has 0 bridgehead atoms. The van der Waals surface area contributed by atoms with Crippen LogP contribution < -0.4 is 5.32 Å². The topological polar surface area (TPSA) is 12.0 Å². The highest BCUT2D eigenvalue weighted by Gasteiger charge is 1.95. The minimum Gasteiger partial charge on any atom is -0.317 e. The molecular formula is C9H19N. The predicted molar refractivity (Wildman–Crippen MR) is 45.2 cm³/mol. The van der Waals surface area contributed by atoms with Gasteiger partial charge in [-0.05, 0) is 25.9 Å². The highest BCUT2D eigenvalue weighted by Crippen LogP contribution is 2.15. The van der Waals surface area contributed by atoms with Gasteiger partial charge in [-0.25, -0.2) is 0 Å². The Bertz CT molecular complexity index is 37.9. The van der Waals surface area contributed by atoms with Crippen LogP contribution in [0.15, 0.2) is 0 Å². The number of hydrogen-bond donors (Lipinski definition) is 1. The molecule has 0 radical (unpaired) electrons. The van der Waals surface area contributed by atoms with Crippen LogP contribution in [0.4, 0.5) is 0 Å². The summed E-state index contributed by atoms with van der Waals surface area (Å²) < 4.78 is 0. The first kappa shape index (κ1) is 8.06. The van der Waals surface area contributed by atoms with Gasteiger partial charge in [0.15, 0.2) is 0 Å². The standard InChI is InChI=1S/C5H10.C4H9N/c2*1-2-4-5-3-1/h1-5H2;5H,1-4H2. The summed E-state index contributed by atoms with van der Waals surface area (Å²) in [6, 6.07) is 0. The zero-order chi connectivity index (χ0) is 7.07. The molecule has 1 aliphatic carbocycles. The van der Waals surface area contributed by atoms with E-state index in [0.29, 0.717) is 0 Å². The summed E-state index contributed by atoms with van der Waals surface area (Å²) in [4.78, 5) is 0. The molecule has 1 heteroatoms. The van der Waals surface area contributed by atoms with E-state index in [0.717, 1.165) is 0 Å². The van der Waals surface area contributed by atoms with Crippen LogP contribution in [-0.4, -0.2) is 13.1 Å². The van der Waals surface area contributed by atoms with Gasteiger partial charge in [0.1, 0.15) is 0 Å². The van der Waals surface area contributed by atoms with Gasteiger partial charge >= 0.3 is 0 Å². The normalized spacial score (nSPS) is 24.0. The Morgan fingerprint density at radius 1 is 0.500 bits per heavy atom. The average Bonchev–Trinajstić information content (AvgIpc) is 2.67. The maximum absolute atomic E-state index is 3.22. The molecule has 1 N–H and O–H groups in total. The van der Waals surface area contributed by atoms with Gasteiger partial charge in [-0.3, -0.25) is 0 Å². The van der Waals surface area contributed by atoms with Crippen LogP contribution in [0, 0.1) is 0 Å². The maximum atomic E-state index is 3.22. The Balaban J connectivity index is 0.0000001000. The molecule has 0 aromatic heterocycles. The molecule has 1 nitrogen and oxygen atoms in total. The van der Waals surface area contributed by atoms with Crippen molar-refractivity contribution in [2.75, 3.05) is 13.1 Å². The lowest BCUT2D eigenvalue weighted by atomic mass is 10.4. The summed E-state index contributed by atoms with van der Waals surface area (Å²) in [5.74, 6) is 0. The molecule has 0 aromatic rings. The van der Waals surface area contributed by atoms with Gasteiger partial charge in [0.2, 0.25) is 0 Å². The van der Waals surface area contributed by atoms with Gasteiger partial charge in [-0.1, -0.05) is 32.1 Å². The molecule has 0 spiro atoms. The molecule has 2 aliphatic rings. The summed E-state index contributed by atoms with van der Waals surface area (Å²) in [7, 11) is 0. The molecule has 1 heterocycles. The van der Waals surface area contributed by atoms with Gasteiger partial charge in [0.05, 0.1) is 0 Å². The molecule has 2 fully saturated rings. The highest BCUT2D eigenvalue weighted by molar-refractivity contribution is 4.55. The first-order chi connectivity index (χ1) is 5.00. The molecule has 0 aromatic carbocycles. The molecule has 0 amide bonds. The molecule has 0 atom stereocenters. The number of hydrogen-bond acceptors (Lipinski definition) is 1. The van der Waals surface area contributed by atoms with Crippen molar-refractivity contribution in [1.82, 2.24) is 5.32 Å². The fourth-order valence-electron chi connectivity index (χ4n) is 1.51. The summed E-state index contributed by atoms with van der Waals surface area (Å²) in [6.45, 7) is 2.50. The molecule has 1 saturated heterocycles. The number of rotatable bonds is 0. The van der Waals surface area contributed by atoms with E-state index in [1.165, 1.54) is 58.0 Å². The second-order valence-electron chi connectivity index (χ2n) is 3.22. The Morgan fingerprint density at radius 2 is 0.900 bits per heavy atom. The van der Waals surface area contributed by atoms with Gasteiger partial charge in [-0.15, -0.1) is 0 Å². The van der Waals surface area contributed by atoms with Crippen molar-refractivity contribution in [3.05, 3.63) is 0 Å². The zero-order valence-electron chi connectivity index (χ0n) is 6.86. The van der Waals surface area contributed by atoms with E-state index >= 15 is 0 Å². The summed E-state index contributed by atoms with van der Waals surface area (Å²) >= 11 is 0. The zero-order valence-corrected chi connectivity index (χ0v) is 6.86. The lowest BCUT2D eigenvalue weighted by Crippen LogP contribution is -2.03. The van der Waals surface area contributed by atoms with Gasteiger partial charge in [0.25, 0.3) is 0 Å². The third-order valence-corrected chi connectivity index (χ3v) is 2.21. The lowest BCUT2D eigenvalue weighted by Gasteiger charge is -1.76. The SMILES string of the molecule is C1CCCC1.C1CCNC1. The Labute approximate surface area is 64.2 Å². The van der Waals surface area contributed by atoms with Crippen molar-refractivity contribution in [3.63, 3.8) is 0 Å². The Morgan fingerprint density at radius 3 is 1.10 bits per heavy atom. The van der Waals surface area contributed by atoms with Crippen LogP contribution in [0.2, 0.25) is 0 Å². The van der Waals surface area contributed by atoms with Crippen molar-refractivity contribution >= 4 is 0 Å². The largest absolute Gasteiger partial charge is 0.317 e. The smallest absolute Gasteiger partial charge is 0.00484 e. The first-order valence-corrected chi connectivity index (χ1v) is 4.71. The Kier molecular flexibility index (Phi) is 4.61. The second-order valence-corrected chi connectivity index (χ2v) is 3.22. The van der Waals surface area contributed by atoms with Crippen LogP contribution in [0.25, 0.3) is 0 Å². The van der Waals surface area contributed by atoms with Crippen LogP contribution >= 0.6 is 0 Å². The van der Waals surface area contributed by atoms with Crippen LogP contribution in [0.1, 0.15) is 44.9 Å². The summed E-state index contributed by atoms with van der Waals surface area (Å²) in [5.41, 5.74) is 0. The fraction of sp³-hybridized carbons (Fsp3) is 1.00. The van der Waals surface area contributed by atoms with Gasteiger partial charge < -0.3 is 5.32 Å². The third-order valence-electron chi connectivity index (χ3n) is 2.21. The molecule has 1 saturated carbocycles. The van der Waals surface area contributed by atoms with Crippen LogP contribution in [0.3, 0.4) is 0 Å². The monoisotopic (exact) mass is 141 g/mol. The molecule has 10 heavy (non-hydrogen) atoms. The van der Waals surface area contributed by atoms with Crippen molar-refractivity contribution in [2.45, 2.75) is 44.9 Å². The van der Waals surface area contributed by atoms with E-state index in [-0.39, 0.29) is 0 Å². The van der Waals surface area contributed by atoms with Crippen LogP contribution in [-0.2, 0) is 0 Å². The van der Waals surface area contributed by atoms with Gasteiger partial charge in [-0.2, -0.15) is 0 Å². The first-order valence-electron chi connectivity index (χ1n) is 4.71. The van der Waals surface area contributed by atoms with E-state index in [2.05, 4.69) is 5.32 Å². The molecule has 2 rings (SSSR count). The minimum atomic E-state index is 1.25. The van der Waals surface area contributed by atoms with E-state index in [9.17, 15) is 0 Å². The quantitative estimate of drug-likeness (QED) is 0.546. The van der Waals surface area contributed by atoms with Crippen molar-refractivity contribution < 1.29 is 0 Å². The van der Waals surface area contributed by atoms with E-state index in [1.807, 2.05) is 0 Å². The molecule has 60 valence electrons. The van der Waals surface area contributed by atoms with Gasteiger partial charge in [0, 0.05) is 0 Å². The van der Waals surface area contributed by atoms with Crippen molar-refractivity contribution in [3.8, 4) is 0 Å². The minimum absolute atomic E-state index is 1.25. The predicted octanol–water partition coefficient (Wildman–Crippen LogP) is 2.32. The van der Waals surface area contributed by atoms with Crippen LogP contribution in [0.5, 0.6) is 0 Å².